The lowest BCUT2D eigenvalue weighted by molar-refractivity contribution is -0.167. The number of para-hydroxylation sites is 1. The van der Waals surface area contributed by atoms with Gasteiger partial charge in [0, 0.05) is 32.3 Å². The molecule has 0 unspecified atom stereocenters. The fourth-order valence-electron chi connectivity index (χ4n) is 4.57. The van der Waals surface area contributed by atoms with E-state index in [0.717, 1.165) is 57.6 Å². The van der Waals surface area contributed by atoms with E-state index in [4.69, 9.17) is 10.5 Å². The number of benzene rings is 1. The number of allylic oxidation sites excluding steroid dienone is 1. The Bertz CT molecular complexity index is 806. The van der Waals surface area contributed by atoms with Gasteiger partial charge in [-0.1, -0.05) is 17.7 Å². The Morgan fingerprint density at radius 2 is 1.81 bits per heavy atom. The quantitative estimate of drug-likeness (QED) is 0.530. The van der Waals surface area contributed by atoms with Crippen LogP contribution in [0.15, 0.2) is 35.9 Å². The molecule has 1 amide bonds. The molecule has 7 heteroatoms. The van der Waals surface area contributed by atoms with Gasteiger partial charge in [0.2, 0.25) is 0 Å². The molecule has 1 heterocycles. The van der Waals surface area contributed by atoms with Crippen LogP contribution in [0.2, 0.25) is 0 Å². The number of piperazine rings is 1. The number of ether oxygens (including phenoxy) is 1. The van der Waals surface area contributed by atoms with Crippen LogP contribution in [0.3, 0.4) is 0 Å². The first-order chi connectivity index (χ1) is 14.8. The zero-order valence-electron chi connectivity index (χ0n) is 18.6. The zero-order chi connectivity index (χ0) is 22.4. The average Bonchev–Trinajstić information content (AvgIpc) is 2.73. The van der Waals surface area contributed by atoms with Gasteiger partial charge in [0.1, 0.15) is 5.82 Å². The fourth-order valence-corrected chi connectivity index (χ4v) is 4.57. The van der Waals surface area contributed by atoms with E-state index in [-0.39, 0.29) is 5.82 Å². The van der Waals surface area contributed by atoms with Crippen molar-refractivity contribution in [2.45, 2.75) is 51.6 Å². The Balaban J connectivity index is 1.44. The summed E-state index contributed by atoms with van der Waals surface area (Å²) >= 11 is 0. The highest BCUT2D eigenvalue weighted by Gasteiger charge is 2.43. The Kier molecular flexibility index (Phi) is 7.70. The molecule has 1 saturated carbocycles. The number of halogens is 1. The van der Waals surface area contributed by atoms with Crippen molar-refractivity contribution in [3.8, 4) is 0 Å². The number of anilines is 1. The van der Waals surface area contributed by atoms with Gasteiger partial charge in [-0.25, -0.2) is 9.18 Å². The lowest BCUT2D eigenvalue weighted by atomic mass is 9.77. The van der Waals surface area contributed by atoms with Crippen LogP contribution < -0.4 is 10.6 Å². The van der Waals surface area contributed by atoms with Crippen LogP contribution in [0.25, 0.3) is 0 Å². The van der Waals surface area contributed by atoms with Crippen LogP contribution in [-0.4, -0.2) is 55.1 Å². The molecule has 1 aliphatic carbocycles. The van der Waals surface area contributed by atoms with Crippen molar-refractivity contribution in [1.82, 2.24) is 4.90 Å². The zero-order valence-corrected chi connectivity index (χ0v) is 18.6. The van der Waals surface area contributed by atoms with Crippen molar-refractivity contribution in [2.75, 3.05) is 37.6 Å². The molecule has 1 aromatic carbocycles. The number of nitrogens with zero attached hydrogens (tertiary/aromatic N) is 2. The summed E-state index contributed by atoms with van der Waals surface area (Å²) in [5.74, 6) is -0.726. The first-order valence-corrected chi connectivity index (χ1v) is 11.2. The number of esters is 1. The van der Waals surface area contributed by atoms with Gasteiger partial charge in [-0.3, -0.25) is 9.69 Å². The Hall–Kier alpha value is -2.41. The van der Waals surface area contributed by atoms with E-state index in [1.165, 1.54) is 12.1 Å². The van der Waals surface area contributed by atoms with Gasteiger partial charge < -0.3 is 15.4 Å². The number of rotatable bonds is 7. The number of hydrogen-bond donors (Lipinski definition) is 1. The maximum absolute atomic E-state index is 14.0. The number of primary amides is 1. The smallest absolute Gasteiger partial charge is 0.331 e. The molecule has 0 radical (unpaired) electrons. The monoisotopic (exact) mass is 431 g/mol. The van der Waals surface area contributed by atoms with Crippen molar-refractivity contribution in [3.05, 3.63) is 41.7 Å². The molecule has 31 heavy (non-hydrogen) atoms. The van der Waals surface area contributed by atoms with Crippen molar-refractivity contribution >= 4 is 17.6 Å². The first-order valence-electron chi connectivity index (χ1n) is 11.2. The largest absolute Gasteiger partial charge is 0.446 e. The molecule has 0 aromatic heterocycles. The molecule has 0 bridgehead atoms. The number of amides is 1. The van der Waals surface area contributed by atoms with Gasteiger partial charge in [-0.15, -0.1) is 0 Å². The molecule has 2 aliphatic rings. The topological polar surface area (TPSA) is 75.9 Å². The van der Waals surface area contributed by atoms with E-state index in [0.29, 0.717) is 24.4 Å². The summed E-state index contributed by atoms with van der Waals surface area (Å²) in [5, 5.41) is 0. The van der Waals surface area contributed by atoms with Crippen molar-refractivity contribution < 1.29 is 18.7 Å². The third kappa shape index (κ3) is 6.06. The predicted molar refractivity (Wildman–Crippen MR) is 119 cm³/mol. The average molecular weight is 432 g/mol. The van der Waals surface area contributed by atoms with Crippen LogP contribution in [-0.2, 0) is 14.3 Å². The summed E-state index contributed by atoms with van der Waals surface area (Å²) in [6, 6.07) is 6.93. The SMILES string of the molecule is CC(C)=CC(=O)OC1(C(N)=O)CCC(CCN2CCN(c3ccccc3F)CC2)CC1. The minimum Gasteiger partial charge on any atom is -0.446 e. The van der Waals surface area contributed by atoms with Gasteiger partial charge in [-0.05, 0) is 70.5 Å². The summed E-state index contributed by atoms with van der Waals surface area (Å²) in [6.45, 7) is 8.06. The summed E-state index contributed by atoms with van der Waals surface area (Å²) in [4.78, 5) is 28.6. The molecular weight excluding hydrogens is 397 g/mol. The minimum absolute atomic E-state index is 0.165. The van der Waals surface area contributed by atoms with Gasteiger partial charge in [0.25, 0.3) is 5.91 Å². The molecule has 1 aliphatic heterocycles. The maximum atomic E-state index is 14.0. The molecule has 0 atom stereocenters. The normalized spacial score (nSPS) is 24.5. The molecule has 2 N–H and O–H groups in total. The number of nitrogens with two attached hydrogens (primary N) is 1. The highest BCUT2D eigenvalue weighted by Crippen LogP contribution is 2.37. The number of carbonyl (C=O) groups excluding carboxylic acids is 2. The molecular formula is C24H34FN3O3. The van der Waals surface area contributed by atoms with Gasteiger partial charge in [0.05, 0.1) is 5.69 Å². The molecule has 170 valence electrons. The summed E-state index contributed by atoms with van der Waals surface area (Å²) in [5.41, 5.74) is 5.94. The first kappa shape index (κ1) is 23.3. The van der Waals surface area contributed by atoms with Crippen LogP contribution in [0.1, 0.15) is 46.0 Å². The molecule has 6 nitrogen and oxygen atoms in total. The maximum Gasteiger partial charge on any atom is 0.331 e. The lowest BCUT2D eigenvalue weighted by Gasteiger charge is -2.39. The van der Waals surface area contributed by atoms with E-state index in [1.807, 2.05) is 26.0 Å². The Morgan fingerprint density at radius 3 is 2.39 bits per heavy atom. The van der Waals surface area contributed by atoms with E-state index in [9.17, 15) is 14.0 Å². The fraction of sp³-hybridized carbons (Fsp3) is 0.583. The van der Waals surface area contributed by atoms with Crippen molar-refractivity contribution in [3.63, 3.8) is 0 Å². The highest BCUT2D eigenvalue weighted by atomic mass is 19.1. The Morgan fingerprint density at radius 1 is 1.16 bits per heavy atom. The van der Waals surface area contributed by atoms with Crippen LogP contribution in [0.5, 0.6) is 0 Å². The standard InChI is InChI=1S/C24H34FN3O3/c1-18(2)17-22(29)31-24(23(26)30)10-7-19(8-11-24)9-12-27-13-15-28(16-14-27)21-6-4-3-5-20(21)25/h3-6,17,19H,7-16H2,1-2H3,(H2,26,30). The number of carbonyl (C=O) groups is 2. The molecule has 3 rings (SSSR count). The molecule has 2 fully saturated rings. The molecule has 1 saturated heterocycles. The third-order valence-electron chi connectivity index (χ3n) is 6.48. The lowest BCUT2D eigenvalue weighted by Crippen LogP contribution is -2.50. The van der Waals surface area contributed by atoms with Crippen molar-refractivity contribution in [2.24, 2.45) is 11.7 Å². The predicted octanol–water partition coefficient (Wildman–Crippen LogP) is 3.26. The van der Waals surface area contributed by atoms with Gasteiger partial charge >= 0.3 is 5.97 Å². The second kappa shape index (κ2) is 10.3. The van der Waals surface area contributed by atoms with Crippen LogP contribution in [0, 0.1) is 11.7 Å². The summed E-state index contributed by atoms with van der Waals surface area (Å²) in [6.07, 6.45) is 5.04. The van der Waals surface area contributed by atoms with E-state index in [1.54, 1.807) is 6.07 Å². The van der Waals surface area contributed by atoms with E-state index in [2.05, 4.69) is 9.80 Å². The minimum atomic E-state index is -1.18. The second-order valence-corrected chi connectivity index (χ2v) is 9.01. The van der Waals surface area contributed by atoms with Gasteiger partial charge in [0.15, 0.2) is 5.60 Å². The third-order valence-corrected chi connectivity index (χ3v) is 6.48. The van der Waals surface area contributed by atoms with E-state index < -0.39 is 17.5 Å². The summed E-state index contributed by atoms with van der Waals surface area (Å²) < 4.78 is 19.5. The van der Waals surface area contributed by atoms with Crippen LogP contribution >= 0.6 is 0 Å². The van der Waals surface area contributed by atoms with E-state index >= 15 is 0 Å². The Labute approximate surface area is 184 Å². The van der Waals surface area contributed by atoms with Gasteiger partial charge in [-0.2, -0.15) is 0 Å². The molecule has 1 aromatic rings. The summed E-state index contributed by atoms with van der Waals surface area (Å²) in [7, 11) is 0. The highest BCUT2D eigenvalue weighted by molar-refractivity contribution is 5.90. The number of hydrogen-bond acceptors (Lipinski definition) is 5. The molecule has 0 spiro atoms. The second-order valence-electron chi connectivity index (χ2n) is 9.01. The van der Waals surface area contributed by atoms with Crippen LogP contribution in [0.4, 0.5) is 10.1 Å². The van der Waals surface area contributed by atoms with Crippen molar-refractivity contribution in [1.29, 1.82) is 0 Å².